The second-order valence-corrected chi connectivity index (χ2v) is 18.4. The van der Waals surface area contributed by atoms with Gasteiger partial charge in [-0.25, -0.2) is 4.79 Å². The summed E-state index contributed by atoms with van der Waals surface area (Å²) in [5, 5.41) is 2.30. The molecule has 1 aliphatic rings. The molecule has 3 atom stereocenters. The molecule has 1 aliphatic heterocycles. The molecule has 4 aromatic carbocycles. The van der Waals surface area contributed by atoms with E-state index in [9.17, 15) is 4.79 Å². The van der Waals surface area contributed by atoms with Crippen LogP contribution in [0.25, 0.3) is 0 Å². The van der Waals surface area contributed by atoms with E-state index < -0.39 is 8.32 Å². The number of hydrogen-bond acceptors (Lipinski definition) is 5. The van der Waals surface area contributed by atoms with Gasteiger partial charge in [0.1, 0.15) is 17.4 Å². The van der Waals surface area contributed by atoms with Gasteiger partial charge in [-0.1, -0.05) is 143 Å². The van der Waals surface area contributed by atoms with Gasteiger partial charge in [-0.2, -0.15) is 0 Å². The molecule has 0 spiro atoms. The number of allylic oxidation sites excluding steroid dienone is 2. The Hall–Kier alpha value is -3.97. The summed E-state index contributed by atoms with van der Waals surface area (Å²) in [6.07, 6.45) is 7.32. The molecule has 4 aromatic rings. The smallest absolute Gasteiger partial charge is 0.342 e. The fourth-order valence-corrected chi connectivity index (χ4v) is 11.8. The molecule has 1 unspecified atom stereocenters. The summed E-state index contributed by atoms with van der Waals surface area (Å²) in [5.74, 6) is 0.359. The van der Waals surface area contributed by atoms with E-state index in [1.165, 1.54) is 10.4 Å². The van der Waals surface area contributed by atoms with Crippen LogP contribution in [0.5, 0.6) is 5.75 Å². The Labute approximate surface area is 294 Å². The SMILES string of the molecule is COc1cccc2c1C(=O)O[C@H](CCCOCc1ccccc1)CC(O[Si](c1ccccc1)(c1ccccc1)C(C)(C)C)[C@H](C)C/C=C/C2. The van der Waals surface area contributed by atoms with Crippen LogP contribution < -0.4 is 15.1 Å². The van der Waals surface area contributed by atoms with Crippen molar-refractivity contribution >= 4 is 24.7 Å². The molecule has 0 N–H and O–H groups in total. The van der Waals surface area contributed by atoms with E-state index in [2.05, 4.69) is 113 Å². The fraction of sp³-hybridized carbons (Fsp3) is 0.372. The van der Waals surface area contributed by atoms with Crippen LogP contribution in [-0.4, -0.2) is 40.2 Å². The molecule has 0 saturated carbocycles. The van der Waals surface area contributed by atoms with E-state index in [4.69, 9.17) is 18.6 Å². The second-order valence-electron chi connectivity index (χ2n) is 14.1. The zero-order valence-corrected chi connectivity index (χ0v) is 30.8. The molecule has 1 heterocycles. The molecule has 5 nitrogen and oxygen atoms in total. The molecule has 258 valence electrons. The van der Waals surface area contributed by atoms with Crippen molar-refractivity contribution in [1.29, 1.82) is 0 Å². The van der Waals surface area contributed by atoms with E-state index in [-0.39, 0.29) is 29.1 Å². The van der Waals surface area contributed by atoms with Gasteiger partial charge < -0.3 is 18.6 Å². The lowest BCUT2D eigenvalue weighted by Gasteiger charge is -2.46. The Balaban J connectivity index is 1.50. The van der Waals surface area contributed by atoms with Gasteiger partial charge in [0.25, 0.3) is 8.32 Å². The number of cyclic esters (lactones) is 1. The Morgan fingerprint density at radius 2 is 1.45 bits per heavy atom. The number of methoxy groups -OCH3 is 1. The predicted molar refractivity (Wildman–Crippen MR) is 201 cm³/mol. The third-order valence-electron chi connectivity index (χ3n) is 9.62. The Kier molecular flexibility index (Phi) is 12.7. The maximum atomic E-state index is 14.1. The highest BCUT2D eigenvalue weighted by molar-refractivity contribution is 6.99. The highest BCUT2D eigenvalue weighted by Gasteiger charge is 2.52. The summed E-state index contributed by atoms with van der Waals surface area (Å²) in [7, 11) is -1.28. The molecule has 0 amide bonds. The Morgan fingerprint density at radius 3 is 2.06 bits per heavy atom. The van der Waals surface area contributed by atoms with Crippen molar-refractivity contribution < 1.29 is 23.4 Å². The minimum atomic E-state index is -2.88. The first kappa shape index (κ1) is 36.3. The highest BCUT2D eigenvalue weighted by atomic mass is 28.4. The zero-order valence-electron chi connectivity index (χ0n) is 29.8. The number of esters is 1. The van der Waals surface area contributed by atoms with Crippen LogP contribution in [0.1, 0.15) is 74.9 Å². The quantitative estimate of drug-likeness (QED) is 0.0689. The Morgan fingerprint density at radius 1 is 0.816 bits per heavy atom. The van der Waals surface area contributed by atoms with Crippen molar-refractivity contribution in [3.05, 3.63) is 138 Å². The third-order valence-corrected chi connectivity index (χ3v) is 14.7. The highest BCUT2D eigenvalue weighted by Crippen LogP contribution is 2.40. The van der Waals surface area contributed by atoms with E-state index in [1.54, 1.807) is 7.11 Å². The first-order valence-electron chi connectivity index (χ1n) is 17.7. The predicted octanol–water partition coefficient (Wildman–Crippen LogP) is 8.69. The van der Waals surface area contributed by atoms with Crippen LogP contribution in [0.15, 0.2) is 121 Å². The van der Waals surface area contributed by atoms with Crippen molar-refractivity contribution in [1.82, 2.24) is 0 Å². The number of carbonyl (C=O) groups is 1. The van der Waals surface area contributed by atoms with Crippen LogP contribution in [0.3, 0.4) is 0 Å². The largest absolute Gasteiger partial charge is 0.496 e. The minimum absolute atomic E-state index is 0.171. The van der Waals surface area contributed by atoms with Crippen molar-refractivity contribution in [3.63, 3.8) is 0 Å². The summed E-state index contributed by atoms with van der Waals surface area (Å²) in [6.45, 7) is 10.3. The van der Waals surface area contributed by atoms with Gasteiger partial charge in [0.2, 0.25) is 0 Å². The van der Waals surface area contributed by atoms with Gasteiger partial charge in [0.05, 0.1) is 19.8 Å². The zero-order chi connectivity index (χ0) is 34.7. The average Bonchev–Trinajstić information content (AvgIpc) is 3.11. The number of ether oxygens (including phenoxy) is 3. The van der Waals surface area contributed by atoms with E-state index in [1.807, 2.05) is 36.4 Å². The van der Waals surface area contributed by atoms with Crippen LogP contribution in [0, 0.1) is 5.92 Å². The lowest BCUT2D eigenvalue weighted by molar-refractivity contribution is 0.00288. The number of hydrogen-bond donors (Lipinski definition) is 0. The molecule has 0 saturated heterocycles. The van der Waals surface area contributed by atoms with Gasteiger partial charge in [-0.05, 0) is 64.2 Å². The number of rotatable bonds is 11. The Bertz CT molecular complexity index is 1590. The normalized spacial score (nSPS) is 19.5. The molecule has 6 heteroatoms. The van der Waals surface area contributed by atoms with Crippen molar-refractivity contribution in [3.8, 4) is 5.75 Å². The van der Waals surface area contributed by atoms with Gasteiger partial charge in [-0.15, -0.1) is 0 Å². The van der Waals surface area contributed by atoms with Gasteiger partial charge in [0, 0.05) is 13.0 Å². The van der Waals surface area contributed by atoms with E-state index in [0.717, 1.165) is 24.0 Å². The van der Waals surface area contributed by atoms with Crippen molar-refractivity contribution in [2.75, 3.05) is 13.7 Å². The molecule has 0 fully saturated rings. The minimum Gasteiger partial charge on any atom is -0.496 e. The molecule has 0 bridgehead atoms. The fourth-order valence-electron chi connectivity index (χ4n) is 7.01. The lowest BCUT2D eigenvalue weighted by Crippen LogP contribution is -2.68. The molecule has 0 aliphatic carbocycles. The summed E-state index contributed by atoms with van der Waals surface area (Å²) in [6, 6.07) is 37.5. The van der Waals surface area contributed by atoms with Crippen LogP contribution >= 0.6 is 0 Å². The standard InChI is InChI=1S/C43H52O5Si/c1-33-19-15-16-22-35-23-17-29-39(45-5)41(35)42(44)47-36(24-18-30-46-32-34-20-9-6-10-21-34)31-40(33)48-49(43(2,3)4,37-25-11-7-12-26-37)38-27-13-8-14-28-38/h6-17,20-21,23,25-29,33,36,40H,18-19,22,24,30-32H2,1-5H3/b16-15+/t33-,36-,40?/m1/s1. The van der Waals surface area contributed by atoms with Gasteiger partial charge >= 0.3 is 5.97 Å². The van der Waals surface area contributed by atoms with Crippen molar-refractivity contribution in [2.24, 2.45) is 5.92 Å². The summed E-state index contributed by atoms with van der Waals surface area (Å²) >= 11 is 0. The molecule has 5 rings (SSSR count). The number of carbonyl (C=O) groups excluding carboxylic acids is 1. The monoisotopic (exact) mass is 676 g/mol. The molecule has 49 heavy (non-hydrogen) atoms. The second kappa shape index (κ2) is 17.1. The summed E-state index contributed by atoms with van der Waals surface area (Å²) < 4.78 is 26.0. The maximum absolute atomic E-state index is 14.1. The van der Waals surface area contributed by atoms with Crippen LogP contribution in [0.2, 0.25) is 5.04 Å². The molecule has 0 aromatic heterocycles. The summed E-state index contributed by atoms with van der Waals surface area (Å²) in [4.78, 5) is 14.1. The first-order chi connectivity index (χ1) is 23.7. The van der Waals surface area contributed by atoms with E-state index in [0.29, 0.717) is 43.8 Å². The summed E-state index contributed by atoms with van der Waals surface area (Å²) in [5.41, 5.74) is 2.54. The van der Waals surface area contributed by atoms with E-state index >= 15 is 0 Å². The molecule has 0 radical (unpaired) electrons. The van der Waals surface area contributed by atoms with Gasteiger partial charge in [0.15, 0.2) is 0 Å². The average molecular weight is 677 g/mol. The molecular formula is C43H52O5Si. The van der Waals surface area contributed by atoms with Crippen LogP contribution in [-0.2, 0) is 26.9 Å². The maximum Gasteiger partial charge on any atom is 0.342 e. The molecular weight excluding hydrogens is 625 g/mol. The van der Waals surface area contributed by atoms with Gasteiger partial charge in [-0.3, -0.25) is 0 Å². The first-order valence-corrected chi connectivity index (χ1v) is 19.6. The number of fused-ring (bicyclic) bond motifs is 1. The third kappa shape index (κ3) is 8.99. The van der Waals surface area contributed by atoms with Crippen LogP contribution in [0.4, 0.5) is 0 Å². The lowest BCUT2D eigenvalue weighted by atomic mass is 9.93. The number of benzene rings is 4. The van der Waals surface area contributed by atoms with Crippen molar-refractivity contribution in [2.45, 2.75) is 83.7 Å². The topological polar surface area (TPSA) is 54.0 Å².